The molecule has 0 bridgehead atoms. The van der Waals surface area contributed by atoms with E-state index in [1.807, 2.05) is 0 Å². The van der Waals surface area contributed by atoms with Gasteiger partial charge < -0.3 is 9.84 Å². The standard InChI is InChI=1S/C19H16ClFN6O2/c1-29-16-5-13(21)15(4-12(16)20)27-8-14(24-25-27)19(28)18-17(10-2-3-10)23-7-11-6-22-9-26(11)18/h4-10,19,28H,2-3H2,1H3. The highest BCUT2D eigenvalue weighted by Crippen LogP contribution is 2.42. The molecule has 8 nitrogen and oxygen atoms in total. The number of benzene rings is 1. The van der Waals surface area contributed by atoms with Gasteiger partial charge in [0, 0.05) is 12.0 Å². The van der Waals surface area contributed by atoms with Crippen LogP contribution in [0.5, 0.6) is 5.75 Å². The van der Waals surface area contributed by atoms with E-state index in [1.165, 1.54) is 30.1 Å². The molecule has 5 rings (SSSR count). The second-order valence-electron chi connectivity index (χ2n) is 6.92. The molecule has 1 aromatic carbocycles. The molecule has 0 aliphatic heterocycles. The first-order valence-electron chi connectivity index (χ1n) is 9.01. The van der Waals surface area contributed by atoms with Crippen molar-refractivity contribution >= 4 is 17.1 Å². The first-order chi connectivity index (χ1) is 14.1. The van der Waals surface area contributed by atoms with Crippen molar-refractivity contribution in [3.05, 3.63) is 65.0 Å². The third-order valence-electron chi connectivity index (χ3n) is 5.01. The van der Waals surface area contributed by atoms with E-state index in [4.69, 9.17) is 16.3 Å². The molecule has 0 spiro atoms. The van der Waals surface area contributed by atoms with Crippen LogP contribution < -0.4 is 4.74 Å². The summed E-state index contributed by atoms with van der Waals surface area (Å²) >= 11 is 6.11. The fraction of sp³-hybridized carbons (Fsp3) is 0.263. The van der Waals surface area contributed by atoms with E-state index in [-0.39, 0.29) is 22.2 Å². The van der Waals surface area contributed by atoms with Gasteiger partial charge in [-0.15, -0.1) is 5.10 Å². The zero-order chi connectivity index (χ0) is 20.1. The van der Waals surface area contributed by atoms with Crippen LogP contribution in [-0.4, -0.2) is 41.6 Å². The predicted octanol–water partition coefficient (Wildman–Crippen LogP) is 3.07. The minimum absolute atomic E-state index is 0.100. The number of hydrogen-bond donors (Lipinski definition) is 1. The summed E-state index contributed by atoms with van der Waals surface area (Å²) in [7, 11) is 1.41. The van der Waals surface area contributed by atoms with Gasteiger partial charge in [-0.05, 0) is 18.9 Å². The molecule has 0 radical (unpaired) electrons. The average Bonchev–Trinajstić information content (AvgIpc) is 3.25. The fourth-order valence-corrected chi connectivity index (χ4v) is 3.62. The zero-order valence-corrected chi connectivity index (χ0v) is 16.1. The molecule has 1 aliphatic carbocycles. The lowest BCUT2D eigenvalue weighted by atomic mass is 10.1. The number of methoxy groups -OCH3 is 1. The number of aromatic nitrogens is 6. The van der Waals surface area contributed by atoms with Crippen LogP contribution in [0.1, 0.15) is 41.9 Å². The Morgan fingerprint density at radius 1 is 1.31 bits per heavy atom. The van der Waals surface area contributed by atoms with Crippen molar-refractivity contribution in [3.8, 4) is 11.4 Å². The molecule has 148 valence electrons. The van der Waals surface area contributed by atoms with Crippen LogP contribution in [0.4, 0.5) is 4.39 Å². The topological polar surface area (TPSA) is 90.4 Å². The molecule has 1 N–H and O–H groups in total. The van der Waals surface area contributed by atoms with E-state index in [0.717, 1.165) is 24.1 Å². The minimum atomic E-state index is -1.10. The van der Waals surface area contributed by atoms with E-state index < -0.39 is 11.9 Å². The first-order valence-corrected chi connectivity index (χ1v) is 9.39. The highest BCUT2D eigenvalue weighted by Gasteiger charge is 2.32. The van der Waals surface area contributed by atoms with E-state index in [9.17, 15) is 9.50 Å². The number of hydrogen-bond acceptors (Lipinski definition) is 6. The second-order valence-corrected chi connectivity index (χ2v) is 7.33. The normalized spacial score (nSPS) is 15.0. The third kappa shape index (κ3) is 3.02. The fourth-order valence-electron chi connectivity index (χ4n) is 3.38. The Labute approximate surface area is 169 Å². The number of halogens is 2. The molecule has 1 unspecified atom stereocenters. The van der Waals surface area contributed by atoms with Gasteiger partial charge in [0.2, 0.25) is 0 Å². The maximum Gasteiger partial charge on any atom is 0.152 e. The SMILES string of the molecule is COc1cc(F)c(-n2cc(C(O)c3c(C4CC4)ncc4cncn34)nn2)cc1Cl. The molecule has 1 aliphatic rings. The Morgan fingerprint density at radius 2 is 2.14 bits per heavy atom. The number of rotatable bonds is 5. The van der Waals surface area contributed by atoms with Gasteiger partial charge >= 0.3 is 0 Å². The van der Waals surface area contributed by atoms with Crippen molar-refractivity contribution in [2.24, 2.45) is 0 Å². The molecule has 4 aromatic rings. The minimum Gasteiger partial charge on any atom is -0.495 e. The van der Waals surface area contributed by atoms with Gasteiger partial charge in [0.15, 0.2) is 5.82 Å². The number of nitrogens with zero attached hydrogens (tertiary/aromatic N) is 6. The van der Waals surface area contributed by atoms with Gasteiger partial charge in [0.05, 0.1) is 54.0 Å². The lowest BCUT2D eigenvalue weighted by Gasteiger charge is -2.15. The summed E-state index contributed by atoms with van der Waals surface area (Å²) in [6, 6.07) is 2.57. The Bertz CT molecular complexity index is 1220. The highest BCUT2D eigenvalue weighted by atomic mass is 35.5. The van der Waals surface area contributed by atoms with Crippen LogP contribution in [0.25, 0.3) is 11.2 Å². The number of aliphatic hydroxyl groups excluding tert-OH is 1. The van der Waals surface area contributed by atoms with Gasteiger partial charge in [0.1, 0.15) is 23.2 Å². The monoisotopic (exact) mass is 414 g/mol. The Morgan fingerprint density at radius 3 is 2.90 bits per heavy atom. The van der Waals surface area contributed by atoms with E-state index in [1.54, 1.807) is 23.1 Å². The molecule has 10 heteroatoms. The Hall–Kier alpha value is -3.04. The Kier molecular flexibility index (Phi) is 4.21. The lowest BCUT2D eigenvalue weighted by molar-refractivity contribution is 0.206. The number of ether oxygens (including phenoxy) is 1. The summed E-state index contributed by atoms with van der Waals surface area (Å²) < 4.78 is 22.5. The summed E-state index contributed by atoms with van der Waals surface area (Å²) in [5.41, 5.74) is 2.55. The molecular formula is C19H16ClFN6O2. The molecule has 1 atom stereocenters. The third-order valence-corrected chi connectivity index (χ3v) is 5.30. The molecule has 1 saturated carbocycles. The molecule has 29 heavy (non-hydrogen) atoms. The summed E-state index contributed by atoms with van der Waals surface area (Å²) in [4.78, 5) is 8.67. The molecule has 3 heterocycles. The summed E-state index contributed by atoms with van der Waals surface area (Å²) in [5.74, 6) is -0.0474. The van der Waals surface area contributed by atoms with Crippen LogP contribution in [0.15, 0.2) is 37.1 Å². The van der Waals surface area contributed by atoms with Crippen molar-refractivity contribution in [2.45, 2.75) is 24.9 Å². The quantitative estimate of drug-likeness (QED) is 0.539. The lowest BCUT2D eigenvalue weighted by Crippen LogP contribution is -2.11. The van der Waals surface area contributed by atoms with Gasteiger partial charge in [0.25, 0.3) is 0 Å². The molecule has 0 saturated heterocycles. The van der Waals surface area contributed by atoms with Gasteiger partial charge in [-0.3, -0.25) is 9.38 Å². The summed E-state index contributed by atoms with van der Waals surface area (Å²) in [6.07, 6.45) is 7.47. The summed E-state index contributed by atoms with van der Waals surface area (Å²) in [6.45, 7) is 0. The van der Waals surface area contributed by atoms with Crippen molar-refractivity contribution in [3.63, 3.8) is 0 Å². The van der Waals surface area contributed by atoms with Crippen LogP contribution in [0, 0.1) is 5.82 Å². The second kappa shape index (κ2) is 6.78. The molecule has 0 amide bonds. The van der Waals surface area contributed by atoms with Gasteiger partial charge in [-0.2, -0.15) is 0 Å². The van der Waals surface area contributed by atoms with Crippen LogP contribution in [0.2, 0.25) is 5.02 Å². The largest absolute Gasteiger partial charge is 0.495 e. The van der Waals surface area contributed by atoms with Gasteiger partial charge in [-0.25, -0.2) is 14.1 Å². The average molecular weight is 415 g/mol. The van der Waals surface area contributed by atoms with E-state index in [2.05, 4.69) is 20.3 Å². The smallest absolute Gasteiger partial charge is 0.152 e. The van der Waals surface area contributed by atoms with Crippen LogP contribution >= 0.6 is 11.6 Å². The van der Waals surface area contributed by atoms with Crippen LogP contribution in [-0.2, 0) is 0 Å². The maximum absolute atomic E-state index is 14.5. The number of aliphatic hydroxyl groups is 1. The Balaban J connectivity index is 1.57. The van der Waals surface area contributed by atoms with Gasteiger partial charge in [-0.1, -0.05) is 16.8 Å². The predicted molar refractivity (Wildman–Crippen MR) is 102 cm³/mol. The van der Waals surface area contributed by atoms with E-state index >= 15 is 0 Å². The van der Waals surface area contributed by atoms with Crippen molar-refractivity contribution in [1.82, 2.24) is 29.4 Å². The zero-order valence-electron chi connectivity index (χ0n) is 15.3. The van der Waals surface area contributed by atoms with Crippen molar-refractivity contribution in [1.29, 1.82) is 0 Å². The van der Waals surface area contributed by atoms with E-state index in [0.29, 0.717) is 11.6 Å². The summed E-state index contributed by atoms with van der Waals surface area (Å²) in [5, 5.41) is 19.4. The molecular weight excluding hydrogens is 399 g/mol. The number of imidazole rings is 1. The first kappa shape index (κ1) is 18.0. The van der Waals surface area contributed by atoms with Crippen molar-refractivity contribution in [2.75, 3.05) is 7.11 Å². The maximum atomic E-state index is 14.5. The molecule has 3 aromatic heterocycles. The number of fused-ring (bicyclic) bond motifs is 1. The van der Waals surface area contributed by atoms with Crippen molar-refractivity contribution < 1.29 is 14.2 Å². The van der Waals surface area contributed by atoms with Crippen LogP contribution in [0.3, 0.4) is 0 Å². The molecule has 1 fully saturated rings. The highest BCUT2D eigenvalue weighted by molar-refractivity contribution is 6.32.